The van der Waals surface area contributed by atoms with E-state index in [4.69, 9.17) is 14.2 Å². The van der Waals surface area contributed by atoms with Crippen LogP contribution in [0.15, 0.2) is 48.5 Å². The molecule has 0 aromatic heterocycles. The third-order valence-corrected chi connectivity index (χ3v) is 5.04. The molecular weight excluding hydrogens is 356 g/mol. The van der Waals surface area contributed by atoms with Crippen molar-refractivity contribution >= 4 is 12.0 Å². The highest BCUT2D eigenvalue weighted by atomic mass is 16.7. The first-order valence-electron chi connectivity index (χ1n) is 9.61. The van der Waals surface area contributed by atoms with Crippen LogP contribution in [0.2, 0.25) is 0 Å². The number of ether oxygens (including phenoxy) is 3. The van der Waals surface area contributed by atoms with Crippen LogP contribution in [-0.4, -0.2) is 39.0 Å². The van der Waals surface area contributed by atoms with Crippen molar-refractivity contribution < 1.29 is 23.9 Å². The SMILES string of the molecule is O=C(/C=C/c1ccc2c(c1)OCO2)NCc1ccccc1C[NH+]1CCOCC1. The van der Waals surface area contributed by atoms with Crippen LogP contribution in [-0.2, 0) is 22.6 Å². The van der Waals surface area contributed by atoms with Crippen LogP contribution in [0.5, 0.6) is 11.5 Å². The van der Waals surface area contributed by atoms with Crippen LogP contribution in [0.4, 0.5) is 0 Å². The van der Waals surface area contributed by atoms with Gasteiger partial charge in [-0.25, -0.2) is 0 Å². The largest absolute Gasteiger partial charge is 0.454 e. The van der Waals surface area contributed by atoms with Crippen LogP contribution < -0.4 is 19.7 Å². The number of morpholine rings is 1. The van der Waals surface area contributed by atoms with Crippen molar-refractivity contribution in [3.8, 4) is 11.5 Å². The number of benzene rings is 2. The Labute approximate surface area is 164 Å². The lowest BCUT2D eigenvalue weighted by atomic mass is 10.1. The second-order valence-electron chi connectivity index (χ2n) is 6.97. The fraction of sp³-hybridized carbons (Fsp3) is 0.318. The molecule has 4 rings (SSSR count). The van der Waals surface area contributed by atoms with Crippen molar-refractivity contribution in [3.63, 3.8) is 0 Å². The molecule has 0 saturated carbocycles. The van der Waals surface area contributed by atoms with Gasteiger partial charge in [-0.15, -0.1) is 0 Å². The molecule has 0 aliphatic carbocycles. The van der Waals surface area contributed by atoms with Crippen molar-refractivity contribution in [3.05, 3.63) is 65.2 Å². The molecule has 1 saturated heterocycles. The predicted octanol–water partition coefficient (Wildman–Crippen LogP) is 1.16. The van der Waals surface area contributed by atoms with Gasteiger partial charge < -0.3 is 24.4 Å². The molecule has 2 N–H and O–H groups in total. The van der Waals surface area contributed by atoms with Gasteiger partial charge in [0.25, 0.3) is 0 Å². The first-order valence-corrected chi connectivity index (χ1v) is 9.61. The predicted molar refractivity (Wildman–Crippen MR) is 105 cm³/mol. The van der Waals surface area contributed by atoms with Gasteiger partial charge in [0.1, 0.15) is 19.6 Å². The molecule has 2 aromatic carbocycles. The quantitative estimate of drug-likeness (QED) is 0.738. The standard InChI is InChI=1S/C22H24N2O4/c25-22(8-6-17-5-7-20-21(13-17)28-16-27-20)23-14-18-3-1-2-4-19(18)15-24-9-11-26-12-10-24/h1-8,13H,9-12,14-16H2,(H,23,25)/p+1/b8-6+. The molecule has 0 spiro atoms. The van der Waals surface area contributed by atoms with E-state index in [1.807, 2.05) is 24.3 Å². The number of carbonyl (C=O) groups is 1. The third kappa shape index (κ3) is 4.71. The maximum Gasteiger partial charge on any atom is 0.244 e. The first kappa shape index (κ1) is 18.5. The third-order valence-electron chi connectivity index (χ3n) is 5.04. The summed E-state index contributed by atoms with van der Waals surface area (Å²) in [5.41, 5.74) is 3.33. The summed E-state index contributed by atoms with van der Waals surface area (Å²) in [5, 5.41) is 2.98. The van der Waals surface area contributed by atoms with Gasteiger partial charge in [0.2, 0.25) is 12.7 Å². The van der Waals surface area contributed by atoms with Crippen molar-refractivity contribution in [1.29, 1.82) is 0 Å². The Morgan fingerprint density at radius 3 is 2.68 bits per heavy atom. The molecule has 2 aliphatic heterocycles. The molecule has 1 fully saturated rings. The molecule has 0 unspecified atom stereocenters. The van der Waals surface area contributed by atoms with Crippen LogP contribution in [0.3, 0.4) is 0 Å². The molecule has 2 heterocycles. The van der Waals surface area contributed by atoms with E-state index in [0.29, 0.717) is 12.3 Å². The number of carbonyl (C=O) groups excluding carboxylic acids is 1. The molecule has 1 amide bonds. The second-order valence-corrected chi connectivity index (χ2v) is 6.97. The van der Waals surface area contributed by atoms with Gasteiger partial charge in [0, 0.05) is 18.2 Å². The van der Waals surface area contributed by atoms with Gasteiger partial charge in [-0.3, -0.25) is 4.79 Å². The number of quaternary nitrogens is 1. The molecule has 2 aliphatic rings. The fourth-order valence-corrected chi connectivity index (χ4v) is 3.44. The highest BCUT2D eigenvalue weighted by Crippen LogP contribution is 2.32. The number of rotatable bonds is 6. The van der Waals surface area contributed by atoms with E-state index < -0.39 is 0 Å². The fourth-order valence-electron chi connectivity index (χ4n) is 3.44. The number of hydrogen-bond acceptors (Lipinski definition) is 4. The van der Waals surface area contributed by atoms with Gasteiger partial charge in [0.05, 0.1) is 13.2 Å². The Morgan fingerprint density at radius 2 is 1.82 bits per heavy atom. The Balaban J connectivity index is 1.33. The van der Waals surface area contributed by atoms with Crippen LogP contribution in [0.25, 0.3) is 6.08 Å². The minimum absolute atomic E-state index is 0.119. The van der Waals surface area contributed by atoms with E-state index in [0.717, 1.165) is 49.7 Å². The zero-order valence-corrected chi connectivity index (χ0v) is 15.8. The van der Waals surface area contributed by atoms with Crippen LogP contribution in [0.1, 0.15) is 16.7 Å². The Bertz CT molecular complexity index is 859. The van der Waals surface area contributed by atoms with E-state index in [1.54, 1.807) is 12.2 Å². The number of fused-ring (bicyclic) bond motifs is 1. The number of amides is 1. The minimum atomic E-state index is -0.119. The summed E-state index contributed by atoms with van der Waals surface area (Å²) >= 11 is 0. The van der Waals surface area contributed by atoms with E-state index in [1.165, 1.54) is 10.5 Å². The van der Waals surface area contributed by atoms with Crippen molar-refractivity contribution in [1.82, 2.24) is 5.32 Å². The number of nitrogens with one attached hydrogen (secondary N) is 2. The zero-order valence-electron chi connectivity index (χ0n) is 15.8. The van der Waals surface area contributed by atoms with E-state index >= 15 is 0 Å². The Kier molecular flexibility index (Phi) is 5.89. The van der Waals surface area contributed by atoms with E-state index in [9.17, 15) is 4.79 Å². The van der Waals surface area contributed by atoms with E-state index in [2.05, 4.69) is 23.5 Å². The lowest BCUT2D eigenvalue weighted by molar-refractivity contribution is -0.921. The molecular formula is C22H25N2O4+. The average molecular weight is 381 g/mol. The Morgan fingerprint density at radius 1 is 1.04 bits per heavy atom. The lowest BCUT2D eigenvalue weighted by Gasteiger charge is -2.24. The molecule has 6 nitrogen and oxygen atoms in total. The molecule has 28 heavy (non-hydrogen) atoms. The lowest BCUT2D eigenvalue weighted by Crippen LogP contribution is -3.12. The van der Waals surface area contributed by atoms with Gasteiger partial charge in [-0.05, 0) is 29.3 Å². The smallest absolute Gasteiger partial charge is 0.244 e. The monoisotopic (exact) mass is 381 g/mol. The molecule has 6 heteroatoms. The van der Waals surface area contributed by atoms with Crippen LogP contribution >= 0.6 is 0 Å². The molecule has 2 aromatic rings. The summed E-state index contributed by atoms with van der Waals surface area (Å²) in [4.78, 5) is 13.8. The van der Waals surface area contributed by atoms with Crippen molar-refractivity contribution in [2.75, 3.05) is 33.1 Å². The summed E-state index contributed by atoms with van der Waals surface area (Å²) < 4.78 is 16.1. The summed E-state index contributed by atoms with van der Waals surface area (Å²) in [6, 6.07) is 13.9. The molecule has 0 atom stereocenters. The highest BCUT2D eigenvalue weighted by molar-refractivity contribution is 5.91. The topological polar surface area (TPSA) is 61.2 Å². The summed E-state index contributed by atoms with van der Waals surface area (Å²) in [6.07, 6.45) is 3.33. The number of hydrogen-bond donors (Lipinski definition) is 2. The first-order chi connectivity index (χ1) is 13.8. The highest BCUT2D eigenvalue weighted by Gasteiger charge is 2.16. The molecule has 0 radical (unpaired) electrons. The van der Waals surface area contributed by atoms with Crippen molar-refractivity contribution in [2.45, 2.75) is 13.1 Å². The van der Waals surface area contributed by atoms with Gasteiger partial charge >= 0.3 is 0 Å². The molecule has 0 bridgehead atoms. The molecule has 146 valence electrons. The zero-order chi connectivity index (χ0) is 19.2. The normalized spacial score (nSPS) is 16.4. The minimum Gasteiger partial charge on any atom is -0.454 e. The average Bonchev–Trinajstić information content (AvgIpc) is 3.20. The van der Waals surface area contributed by atoms with E-state index in [-0.39, 0.29) is 12.7 Å². The van der Waals surface area contributed by atoms with Gasteiger partial charge in [0.15, 0.2) is 11.5 Å². The maximum absolute atomic E-state index is 12.2. The summed E-state index contributed by atoms with van der Waals surface area (Å²) in [6.45, 7) is 5.41. The maximum atomic E-state index is 12.2. The van der Waals surface area contributed by atoms with Gasteiger partial charge in [-0.1, -0.05) is 30.3 Å². The van der Waals surface area contributed by atoms with Gasteiger partial charge in [-0.2, -0.15) is 0 Å². The summed E-state index contributed by atoms with van der Waals surface area (Å²) in [5.74, 6) is 1.33. The summed E-state index contributed by atoms with van der Waals surface area (Å²) in [7, 11) is 0. The second kappa shape index (κ2) is 8.91. The van der Waals surface area contributed by atoms with Crippen LogP contribution in [0, 0.1) is 0 Å². The Hall–Kier alpha value is -2.83. The van der Waals surface area contributed by atoms with Crippen molar-refractivity contribution in [2.24, 2.45) is 0 Å².